The van der Waals surface area contributed by atoms with Crippen molar-refractivity contribution in [2.24, 2.45) is 7.05 Å². The summed E-state index contributed by atoms with van der Waals surface area (Å²) < 4.78 is 1.47. The number of carbonyl (C=O) groups is 2. The molecule has 0 fully saturated rings. The van der Waals surface area contributed by atoms with Gasteiger partial charge in [0.25, 0.3) is 11.7 Å². The Morgan fingerprint density at radius 1 is 1.32 bits per heavy atom. The minimum Gasteiger partial charge on any atom is -0.295 e. The Morgan fingerprint density at radius 3 is 2.76 bits per heavy atom. The first-order valence-corrected chi connectivity index (χ1v) is 8.67. The maximum absolute atomic E-state index is 12.1. The topological polar surface area (TPSA) is 76.9 Å². The number of hydrogen-bond donors (Lipinski definition) is 1. The van der Waals surface area contributed by atoms with Crippen molar-refractivity contribution in [3.63, 3.8) is 0 Å². The maximum Gasteiger partial charge on any atom is 0.298 e. The molecule has 2 aromatic heterocycles. The van der Waals surface area contributed by atoms with E-state index in [9.17, 15) is 9.59 Å². The molecule has 0 atom stereocenters. The van der Waals surface area contributed by atoms with Crippen LogP contribution in [-0.4, -0.2) is 26.5 Å². The van der Waals surface area contributed by atoms with Gasteiger partial charge in [-0.3, -0.25) is 19.6 Å². The van der Waals surface area contributed by atoms with E-state index in [-0.39, 0.29) is 5.56 Å². The van der Waals surface area contributed by atoms with Gasteiger partial charge in [0.2, 0.25) is 0 Å². The molecule has 128 valence electrons. The van der Waals surface area contributed by atoms with Gasteiger partial charge in [-0.1, -0.05) is 29.8 Å². The molecule has 8 heteroatoms. The van der Waals surface area contributed by atoms with Gasteiger partial charge in [0, 0.05) is 29.6 Å². The number of halogens is 1. The van der Waals surface area contributed by atoms with Crippen molar-refractivity contribution in [3.05, 3.63) is 63.4 Å². The van der Waals surface area contributed by atoms with Crippen molar-refractivity contribution in [2.75, 3.05) is 5.32 Å². The van der Waals surface area contributed by atoms with Crippen LogP contribution in [0.1, 0.15) is 26.5 Å². The molecule has 0 bridgehead atoms. The molecule has 3 rings (SSSR count). The summed E-state index contributed by atoms with van der Waals surface area (Å²) >= 11 is 7.53. The zero-order valence-corrected chi connectivity index (χ0v) is 15.2. The minimum atomic E-state index is -0.731. The number of hydrogen-bond acceptors (Lipinski definition) is 5. The Balaban J connectivity index is 1.73. The molecule has 6 nitrogen and oxygen atoms in total. The van der Waals surface area contributed by atoms with E-state index < -0.39 is 11.7 Å². The molecular weight excluding hydrogens is 360 g/mol. The smallest absolute Gasteiger partial charge is 0.295 e. The standard InChI is InChI=1S/C17H15ClN4O2S/c1-10-14(7-11-5-3-4-6-13(11)18)25-17(20-10)21-16(24)15(23)12-8-19-22(2)9-12/h3-6,8-9H,7H2,1-2H3,(H,20,21,24). The number of aryl methyl sites for hydroxylation is 2. The number of aromatic nitrogens is 3. The highest BCUT2D eigenvalue weighted by atomic mass is 35.5. The van der Waals surface area contributed by atoms with Gasteiger partial charge >= 0.3 is 0 Å². The van der Waals surface area contributed by atoms with Crippen LogP contribution < -0.4 is 5.32 Å². The Hall–Kier alpha value is -2.51. The maximum atomic E-state index is 12.1. The normalized spacial score (nSPS) is 10.7. The van der Waals surface area contributed by atoms with Crippen LogP contribution in [-0.2, 0) is 18.3 Å². The van der Waals surface area contributed by atoms with Gasteiger partial charge in [-0.05, 0) is 18.6 Å². The first-order chi connectivity index (χ1) is 11.9. The van der Waals surface area contributed by atoms with Crippen molar-refractivity contribution < 1.29 is 9.59 Å². The van der Waals surface area contributed by atoms with E-state index in [4.69, 9.17) is 11.6 Å². The van der Waals surface area contributed by atoms with E-state index in [1.54, 1.807) is 7.05 Å². The minimum absolute atomic E-state index is 0.240. The molecule has 0 spiro atoms. The van der Waals surface area contributed by atoms with Crippen LogP contribution in [0.15, 0.2) is 36.7 Å². The Morgan fingerprint density at radius 2 is 2.08 bits per heavy atom. The molecule has 1 N–H and O–H groups in total. The first kappa shape index (κ1) is 17.3. The van der Waals surface area contributed by atoms with Crippen molar-refractivity contribution in [1.82, 2.24) is 14.8 Å². The predicted octanol–water partition coefficient (Wildman–Crippen LogP) is 3.25. The van der Waals surface area contributed by atoms with E-state index in [2.05, 4.69) is 15.4 Å². The second-order valence-electron chi connectivity index (χ2n) is 5.48. The second-order valence-corrected chi connectivity index (χ2v) is 6.97. The Bertz CT molecular complexity index is 948. The van der Waals surface area contributed by atoms with Crippen LogP contribution in [0, 0.1) is 6.92 Å². The number of carbonyl (C=O) groups excluding carboxylic acids is 2. The third-order valence-electron chi connectivity index (χ3n) is 3.60. The molecule has 1 aromatic carbocycles. The lowest BCUT2D eigenvalue weighted by atomic mass is 10.1. The number of amides is 1. The number of rotatable bonds is 5. The fraction of sp³-hybridized carbons (Fsp3) is 0.176. The lowest BCUT2D eigenvalue weighted by Gasteiger charge is -2.02. The Kier molecular flexibility index (Phi) is 4.96. The van der Waals surface area contributed by atoms with Crippen LogP contribution in [0.2, 0.25) is 5.02 Å². The van der Waals surface area contributed by atoms with Crippen molar-refractivity contribution in [2.45, 2.75) is 13.3 Å². The molecule has 0 aliphatic heterocycles. The molecular formula is C17H15ClN4O2S. The summed E-state index contributed by atoms with van der Waals surface area (Å²) in [4.78, 5) is 29.5. The van der Waals surface area contributed by atoms with Gasteiger partial charge in [-0.25, -0.2) is 4.98 Å². The number of thiazole rings is 1. The first-order valence-electron chi connectivity index (χ1n) is 7.48. The third kappa shape index (κ3) is 3.94. The van der Waals surface area contributed by atoms with Gasteiger partial charge in [0.15, 0.2) is 5.13 Å². The number of anilines is 1. The summed E-state index contributed by atoms with van der Waals surface area (Å²) in [6, 6.07) is 7.59. The van der Waals surface area contributed by atoms with Gasteiger partial charge in [0.1, 0.15) is 0 Å². The predicted molar refractivity (Wildman–Crippen MR) is 97.3 cm³/mol. The summed E-state index contributed by atoms with van der Waals surface area (Å²) in [5, 5.41) is 7.53. The van der Waals surface area contributed by atoms with Crippen LogP contribution in [0.5, 0.6) is 0 Å². The lowest BCUT2D eigenvalue weighted by molar-refractivity contribution is -0.112. The molecule has 0 unspecified atom stereocenters. The van der Waals surface area contributed by atoms with E-state index in [1.807, 2.05) is 31.2 Å². The summed E-state index contributed by atoms with van der Waals surface area (Å²) in [7, 11) is 1.68. The monoisotopic (exact) mass is 374 g/mol. The van der Waals surface area contributed by atoms with Gasteiger partial charge in [0.05, 0.1) is 17.5 Å². The van der Waals surface area contributed by atoms with Crippen molar-refractivity contribution in [3.8, 4) is 0 Å². The summed E-state index contributed by atoms with van der Waals surface area (Å²) in [5.41, 5.74) is 2.03. The number of benzene rings is 1. The quantitative estimate of drug-likeness (QED) is 0.549. The molecule has 0 radical (unpaired) electrons. The van der Waals surface area contributed by atoms with E-state index in [0.29, 0.717) is 16.6 Å². The van der Waals surface area contributed by atoms with Crippen molar-refractivity contribution >= 4 is 39.8 Å². The molecule has 0 aliphatic rings. The third-order valence-corrected chi connectivity index (χ3v) is 5.04. The molecule has 2 heterocycles. The highest BCUT2D eigenvalue weighted by molar-refractivity contribution is 7.16. The highest BCUT2D eigenvalue weighted by Crippen LogP contribution is 2.27. The number of nitrogens with zero attached hydrogens (tertiary/aromatic N) is 3. The van der Waals surface area contributed by atoms with E-state index >= 15 is 0 Å². The second kappa shape index (κ2) is 7.16. The lowest BCUT2D eigenvalue weighted by Crippen LogP contribution is -2.22. The van der Waals surface area contributed by atoms with Gasteiger partial charge in [-0.15, -0.1) is 11.3 Å². The van der Waals surface area contributed by atoms with Gasteiger partial charge < -0.3 is 0 Å². The highest BCUT2D eigenvalue weighted by Gasteiger charge is 2.20. The molecule has 3 aromatic rings. The zero-order valence-electron chi connectivity index (χ0n) is 13.6. The number of Topliss-reactive ketones (excluding diaryl/α,β-unsaturated/α-hetero) is 1. The zero-order chi connectivity index (χ0) is 18.0. The largest absolute Gasteiger partial charge is 0.298 e. The van der Waals surface area contributed by atoms with Crippen LogP contribution in [0.4, 0.5) is 5.13 Å². The summed E-state index contributed by atoms with van der Waals surface area (Å²) in [6.45, 7) is 1.86. The average Bonchev–Trinajstić information content (AvgIpc) is 3.15. The molecule has 0 saturated heterocycles. The van der Waals surface area contributed by atoms with E-state index in [0.717, 1.165) is 16.1 Å². The SMILES string of the molecule is Cc1nc(NC(=O)C(=O)c2cnn(C)c2)sc1Cc1ccccc1Cl. The van der Waals surface area contributed by atoms with E-state index in [1.165, 1.54) is 28.4 Å². The summed E-state index contributed by atoms with van der Waals surface area (Å²) in [5.74, 6) is -1.38. The molecule has 25 heavy (non-hydrogen) atoms. The summed E-state index contributed by atoms with van der Waals surface area (Å²) in [6.07, 6.45) is 3.48. The van der Waals surface area contributed by atoms with Gasteiger partial charge in [-0.2, -0.15) is 5.10 Å². The number of nitrogens with one attached hydrogen (secondary N) is 1. The fourth-order valence-corrected chi connectivity index (χ4v) is 3.47. The Labute approximate surface area is 153 Å². The number of ketones is 1. The average molecular weight is 375 g/mol. The molecule has 1 amide bonds. The fourth-order valence-electron chi connectivity index (χ4n) is 2.28. The van der Waals surface area contributed by atoms with Crippen molar-refractivity contribution in [1.29, 1.82) is 0 Å². The molecule has 0 aliphatic carbocycles. The molecule has 0 saturated carbocycles. The van der Waals surface area contributed by atoms with Crippen LogP contribution in [0.3, 0.4) is 0 Å². The van der Waals surface area contributed by atoms with Crippen LogP contribution in [0.25, 0.3) is 0 Å². The van der Waals surface area contributed by atoms with Crippen LogP contribution >= 0.6 is 22.9 Å².